The van der Waals surface area contributed by atoms with E-state index in [-0.39, 0.29) is 23.4 Å². The Labute approximate surface area is 272 Å². The van der Waals surface area contributed by atoms with Crippen molar-refractivity contribution in [1.29, 1.82) is 0 Å². The van der Waals surface area contributed by atoms with Gasteiger partial charge in [-0.25, -0.2) is 10.2 Å². The number of carboxylic acid groups (broad SMARTS) is 1. The molecule has 0 atom stereocenters. The number of ether oxygens (including phenoxy) is 1. The van der Waals surface area contributed by atoms with Crippen LogP contribution in [0.5, 0.6) is 0 Å². The van der Waals surface area contributed by atoms with E-state index in [0.29, 0.717) is 27.6 Å². The number of benzene rings is 2. The number of carboxylic acids is 1. The number of anilines is 1. The maximum Gasteiger partial charge on any atom is 0.426 e. The van der Waals surface area contributed by atoms with Gasteiger partial charge in [-0.05, 0) is 74.0 Å². The number of carbonyl (C=O) groups excluding carboxylic acids is 2. The van der Waals surface area contributed by atoms with Crippen LogP contribution in [-0.4, -0.2) is 63.0 Å². The quantitative estimate of drug-likeness (QED) is 0.112. The lowest BCUT2D eigenvalue weighted by Crippen LogP contribution is -2.38. The molecule has 0 saturated carbocycles. The van der Waals surface area contributed by atoms with Crippen LogP contribution in [0.1, 0.15) is 42.5 Å². The van der Waals surface area contributed by atoms with Crippen molar-refractivity contribution in [2.24, 2.45) is 0 Å². The second kappa shape index (κ2) is 13.0. The smallest absolute Gasteiger partial charge is 0.426 e. The number of halogens is 3. The predicted octanol–water partition coefficient (Wildman–Crippen LogP) is 2.34. The molecule has 0 bridgehead atoms. The molecule has 5 N–H and O–H groups in total. The van der Waals surface area contributed by atoms with Crippen molar-refractivity contribution < 1.29 is 37.4 Å². The molecule has 17 nitrogen and oxygen atoms in total. The van der Waals surface area contributed by atoms with Crippen LogP contribution in [0.15, 0.2) is 64.4 Å². The number of carbonyl (C=O) groups is 3. The van der Waals surface area contributed by atoms with E-state index in [4.69, 9.17) is 4.74 Å². The Hall–Kier alpha value is -6.47. The van der Waals surface area contributed by atoms with Gasteiger partial charge in [0.05, 0.1) is 33.7 Å². The first kappa shape index (κ1) is 33.9. The number of nitrogens with one attached hydrogen (secondary N) is 4. The Balaban J connectivity index is 1.29. The lowest BCUT2D eigenvalue weighted by molar-refractivity contribution is -0.138. The van der Waals surface area contributed by atoms with Crippen molar-refractivity contribution in [3.63, 3.8) is 0 Å². The van der Waals surface area contributed by atoms with Gasteiger partial charge in [-0.2, -0.15) is 13.2 Å². The average molecular weight is 685 g/mol. The van der Waals surface area contributed by atoms with Crippen molar-refractivity contribution in [3.8, 4) is 11.4 Å². The Morgan fingerprint density at radius 3 is 2.41 bits per heavy atom. The largest absolute Gasteiger partial charge is 0.480 e. The number of nitrogens with zero attached hydrogens (tertiary/aromatic N) is 6. The van der Waals surface area contributed by atoms with Crippen LogP contribution in [0.25, 0.3) is 22.4 Å². The number of fused-ring (bicyclic) bond motifs is 1. The van der Waals surface area contributed by atoms with Gasteiger partial charge in [-0.1, -0.05) is 0 Å². The summed E-state index contributed by atoms with van der Waals surface area (Å²) in [5.74, 6) is -2.52. The normalized spacial score (nSPS) is 11.7. The van der Waals surface area contributed by atoms with Gasteiger partial charge < -0.3 is 24.7 Å². The maximum atomic E-state index is 14.1. The molecule has 0 fully saturated rings. The lowest BCUT2D eigenvalue weighted by atomic mass is 10.1. The zero-order chi connectivity index (χ0) is 35.7. The zero-order valence-electron chi connectivity index (χ0n) is 25.8. The van der Waals surface area contributed by atoms with Gasteiger partial charge in [0.2, 0.25) is 0 Å². The number of alkyl halides is 3. The fourth-order valence-corrected chi connectivity index (χ4v) is 4.52. The van der Waals surface area contributed by atoms with Crippen molar-refractivity contribution in [2.45, 2.75) is 45.6 Å². The fraction of sp³-hybridized carbons (Fsp3) is 0.241. The minimum absolute atomic E-state index is 0.155. The Morgan fingerprint density at radius 2 is 1.76 bits per heavy atom. The number of amides is 2. The number of rotatable bonds is 9. The van der Waals surface area contributed by atoms with Crippen LogP contribution in [0, 0.1) is 0 Å². The van der Waals surface area contributed by atoms with Crippen LogP contribution in [0.3, 0.4) is 0 Å². The summed E-state index contributed by atoms with van der Waals surface area (Å²) in [6.07, 6.45) is -3.01. The first-order valence-corrected chi connectivity index (χ1v) is 14.2. The second-order valence-corrected chi connectivity index (χ2v) is 11.4. The summed E-state index contributed by atoms with van der Waals surface area (Å²) in [5.41, 5.74) is 0.922. The number of aromatic amines is 1. The molecule has 5 aromatic rings. The third-order valence-corrected chi connectivity index (χ3v) is 6.60. The molecule has 49 heavy (non-hydrogen) atoms. The predicted molar refractivity (Wildman–Crippen MR) is 164 cm³/mol. The van der Waals surface area contributed by atoms with Crippen molar-refractivity contribution >= 4 is 34.7 Å². The minimum Gasteiger partial charge on any atom is -0.480 e. The topological polar surface area (TPSA) is 220 Å². The van der Waals surface area contributed by atoms with Crippen LogP contribution in [0.2, 0.25) is 0 Å². The van der Waals surface area contributed by atoms with Gasteiger partial charge in [0.15, 0.2) is 0 Å². The van der Waals surface area contributed by atoms with Gasteiger partial charge in [-0.3, -0.25) is 29.2 Å². The average Bonchev–Trinajstić information content (AvgIpc) is 3.70. The second-order valence-electron chi connectivity index (χ2n) is 11.4. The van der Waals surface area contributed by atoms with Crippen LogP contribution in [-0.2, 0) is 28.8 Å². The molecule has 3 heterocycles. The standard InChI is InChI=1S/C29H27F3N10O7/c1-28(2,3)49-27(48)37-35-16-4-6-17(7-5-16)42-38-23(36-39-42)24(45)33-12-15-8-9-40(13-15)20-11-21-19(10-18(20)29(30,31)32)34-25(46)26(47)41(21)14-22(43)44/h4-11,13,35H,12,14H2,1-3H3,(H,33,45)(H,34,46)(H,37,48)(H,43,44). The molecule has 0 aliphatic rings. The van der Waals surface area contributed by atoms with Crippen molar-refractivity contribution in [1.82, 2.24) is 45.1 Å². The minimum atomic E-state index is -4.90. The summed E-state index contributed by atoms with van der Waals surface area (Å²) in [7, 11) is 0. The van der Waals surface area contributed by atoms with Gasteiger partial charge >= 0.3 is 29.4 Å². The zero-order valence-corrected chi connectivity index (χ0v) is 25.8. The molecule has 2 aromatic carbocycles. The van der Waals surface area contributed by atoms with E-state index in [1.165, 1.54) is 18.5 Å². The van der Waals surface area contributed by atoms with E-state index in [1.54, 1.807) is 45.0 Å². The van der Waals surface area contributed by atoms with E-state index in [9.17, 15) is 42.3 Å². The molecule has 0 aliphatic heterocycles. The summed E-state index contributed by atoms with van der Waals surface area (Å²) in [4.78, 5) is 63.4. The first-order valence-electron chi connectivity index (χ1n) is 14.2. The summed E-state index contributed by atoms with van der Waals surface area (Å²) in [6, 6.07) is 9.38. The molecule has 0 radical (unpaired) electrons. The van der Waals surface area contributed by atoms with E-state index >= 15 is 0 Å². The van der Waals surface area contributed by atoms with Crippen molar-refractivity contribution in [3.05, 3.63) is 92.5 Å². The van der Waals surface area contributed by atoms with E-state index in [2.05, 4.69) is 36.6 Å². The molecule has 0 spiro atoms. The number of hydrogen-bond acceptors (Lipinski definition) is 10. The third kappa shape index (κ3) is 7.92. The molecule has 0 saturated heterocycles. The van der Waals surface area contributed by atoms with E-state index < -0.39 is 58.7 Å². The summed E-state index contributed by atoms with van der Waals surface area (Å²) >= 11 is 0. The van der Waals surface area contributed by atoms with Gasteiger partial charge in [-0.15, -0.1) is 15.0 Å². The Bertz CT molecular complexity index is 2180. The number of hydrogen-bond donors (Lipinski definition) is 5. The molecular formula is C29H27F3N10O7. The van der Waals surface area contributed by atoms with Crippen LogP contribution < -0.4 is 27.3 Å². The SMILES string of the molecule is CC(C)(C)OC(=O)NNc1ccc(-n2nnc(C(=O)NCc3ccn(-c4cc5c(cc4C(F)(F)F)[nH]c(=O)c(=O)n5CC(=O)O)c3)n2)cc1. The highest BCUT2D eigenvalue weighted by Gasteiger charge is 2.35. The number of aromatic nitrogens is 7. The molecule has 3 aromatic heterocycles. The van der Waals surface area contributed by atoms with E-state index in [0.717, 1.165) is 15.4 Å². The monoisotopic (exact) mass is 684 g/mol. The highest BCUT2D eigenvalue weighted by atomic mass is 19.4. The number of tetrazole rings is 1. The summed E-state index contributed by atoms with van der Waals surface area (Å²) in [6.45, 7) is 4.06. The van der Waals surface area contributed by atoms with Crippen LogP contribution >= 0.6 is 0 Å². The molecule has 0 aliphatic carbocycles. The number of H-pyrrole nitrogens is 1. The molecule has 20 heteroatoms. The highest BCUT2D eigenvalue weighted by molar-refractivity contribution is 5.90. The molecule has 2 amide bonds. The molecule has 0 unspecified atom stereocenters. The fourth-order valence-electron chi connectivity index (χ4n) is 4.52. The van der Waals surface area contributed by atoms with Crippen molar-refractivity contribution in [2.75, 3.05) is 5.43 Å². The molecular weight excluding hydrogens is 657 g/mol. The number of aliphatic carboxylic acids is 1. The van der Waals surface area contributed by atoms with E-state index in [1.807, 2.05) is 0 Å². The first-order chi connectivity index (χ1) is 23.0. The molecule has 256 valence electrons. The van der Waals surface area contributed by atoms with Gasteiger partial charge in [0.1, 0.15) is 12.1 Å². The number of hydrazine groups is 1. The highest BCUT2D eigenvalue weighted by Crippen LogP contribution is 2.36. The third-order valence-electron chi connectivity index (χ3n) is 6.60. The Morgan fingerprint density at radius 1 is 1.04 bits per heavy atom. The van der Waals surface area contributed by atoms with Crippen LogP contribution in [0.4, 0.5) is 23.7 Å². The lowest BCUT2D eigenvalue weighted by Gasteiger charge is -2.20. The summed E-state index contributed by atoms with van der Waals surface area (Å²) in [5, 5.41) is 23.4. The molecule has 5 rings (SSSR count). The maximum absolute atomic E-state index is 14.1. The summed E-state index contributed by atoms with van der Waals surface area (Å²) < 4.78 is 49.1. The van der Waals surface area contributed by atoms with Gasteiger partial charge in [0, 0.05) is 18.9 Å². The Kier molecular flexibility index (Phi) is 8.97. The van der Waals surface area contributed by atoms with Gasteiger partial charge in [0.25, 0.3) is 11.7 Å².